The fourth-order valence-corrected chi connectivity index (χ4v) is 3.99. The number of carbonyl (C=O) groups excluding carboxylic acids is 1. The second kappa shape index (κ2) is 8.07. The van der Waals surface area contributed by atoms with Crippen LogP contribution in [0.15, 0.2) is 51.1 Å². The molecule has 8 heteroatoms. The van der Waals surface area contributed by atoms with E-state index in [1.54, 1.807) is 35.7 Å². The number of carbonyl (C=O) groups is 1. The second-order valence-electron chi connectivity index (χ2n) is 5.15. The van der Waals surface area contributed by atoms with Crippen molar-refractivity contribution >= 4 is 38.7 Å². The molecule has 1 aromatic heterocycles. The minimum Gasteiger partial charge on any atom is -0.279 e. The standard InChI is InChI=1S/C16H19N3O3S2/c1-3-5-12(2)17-18-16(20)13-7-9-14(10-8-13)19-24(21,22)15-6-4-11-23-15/h4,6-11,19H,3,5H2,1-2H3,(H,18,20)/b17-12-. The number of sulfonamides is 1. The van der Waals surface area contributed by atoms with E-state index in [-0.39, 0.29) is 10.1 Å². The maximum absolute atomic E-state index is 12.1. The zero-order valence-electron chi connectivity index (χ0n) is 13.4. The van der Waals surface area contributed by atoms with Crippen molar-refractivity contribution in [2.24, 2.45) is 5.10 Å². The van der Waals surface area contributed by atoms with E-state index in [0.717, 1.165) is 29.9 Å². The number of nitrogens with one attached hydrogen (secondary N) is 2. The zero-order valence-corrected chi connectivity index (χ0v) is 15.1. The molecule has 1 aromatic carbocycles. The van der Waals surface area contributed by atoms with Gasteiger partial charge in [0.25, 0.3) is 15.9 Å². The Bertz CT molecular complexity index is 811. The molecule has 2 aromatic rings. The van der Waals surface area contributed by atoms with Crippen molar-refractivity contribution in [2.45, 2.75) is 30.9 Å². The van der Waals surface area contributed by atoms with Gasteiger partial charge < -0.3 is 0 Å². The molecule has 0 radical (unpaired) electrons. The highest BCUT2D eigenvalue weighted by Crippen LogP contribution is 2.20. The first-order valence-corrected chi connectivity index (χ1v) is 9.78. The van der Waals surface area contributed by atoms with E-state index in [0.29, 0.717) is 11.3 Å². The Kier molecular flexibility index (Phi) is 6.10. The smallest absolute Gasteiger partial charge is 0.271 e. The summed E-state index contributed by atoms with van der Waals surface area (Å²) in [6.45, 7) is 3.89. The Hall–Kier alpha value is -2.19. The molecule has 0 spiro atoms. The molecule has 0 saturated heterocycles. The predicted octanol–water partition coefficient (Wildman–Crippen LogP) is 3.45. The van der Waals surface area contributed by atoms with Crippen LogP contribution < -0.4 is 10.1 Å². The van der Waals surface area contributed by atoms with Gasteiger partial charge in [-0.15, -0.1) is 11.3 Å². The summed E-state index contributed by atoms with van der Waals surface area (Å²) in [5.41, 5.74) is 4.14. The van der Waals surface area contributed by atoms with Gasteiger partial charge in [0.15, 0.2) is 0 Å². The number of thiophene rings is 1. The molecule has 1 heterocycles. The van der Waals surface area contributed by atoms with Crippen LogP contribution in [0.5, 0.6) is 0 Å². The van der Waals surface area contributed by atoms with E-state index >= 15 is 0 Å². The quantitative estimate of drug-likeness (QED) is 0.582. The number of amides is 1. The van der Waals surface area contributed by atoms with Crippen molar-refractivity contribution in [3.8, 4) is 0 Å². The lowest BCUT2D eigenvalue weighted by Gasteiger charge is -2.07. The van der Waals surface area contributed by atoms with Gasteiger partial charge in [-0.3, -0.25) is 9.52 Å². The Morgan fingerprint density at radius 1 is 1.21 bits per heavy atom. The van der Waals surface area contributed by atoms with Crippen LogP contribution in [0.3, 0.4) is 0 Å². The summed E-state index contributed by atoms with van der Waals surface area (Å²) >= 11 is 1.14. The molecule has 0 fully saturated rings. The lowest BCUT2D eigenvalue weighted by Crippen LogP contribution is -2.19. The van der Waals surface area contributed by atoms with Crippen molar-refractivity contribution in [3.05, 3.63) is 47.3 Å². The van der Waals surface area contributed by atoms with Gasteiger partial charge in [0, 0.05) is 17.0 Å². The molecule has 1 amide bonds. The molecule has 2 N–H and O–H groups in total. The Morgan fingerprint density at radius 3 is 2.50 bits per heavy atom. The molecule has 0 aliphatic rings. The monoisotopic (exact) mass is 365 g/mol. The largest absolute Gasteiger partial charge is 0.279 e. The van der Waals surface area contributed by atoms with Crippen LogP contribution >= 0.6 is 11.3 Å². The Labute approximate surface area is 145 Å². The third kappa shape index (κ3) is 4.90. The number of rotatable bonds is 7. The molecule has 128 valence electrons. The van der Waals surface area contributed by atoms with Gasteiger partial charge in [-0.25, -0.2) is 13.8 Å². The molecule has 2 rings (SSSR count). The van der Waals surface area contributed by atoms with E-state index in [4.69, 9.17) is 0 Å². The van der Waals surface area contributed by atoms with E-state index < -0.39 is 10.0 Å². The van der Waals surface area contributed by atoms with Gasteiger partial charge in [-0.05, 0) is 49.1 Å². The van der Waals surface area contributed by atoms with Crippen LogP contribution in [0.25, 0.3) is 0 Å². The van der Waals surface area contributed by atoms with E-state index in [1.807, 2.05) is 13.8 Å². The molecule has 6 nitrogen and oxygen atoms in total. The average molecular weight is 365 g/mol. The van der Waals surface area contributed by atoms with Crippen LogP contribution in [-0.4, -0.2) is 20.0 Å². The number of hydrazone groups is 1. The average Bonchev–Trinajstić information content (AvgIpc) is 3.09. The molecule has 0 unspecified atom stereocenters. The van der Waals surface area contributed by atoms with Crippen LogP contribution in [0, 0.1) is 0 Å². The number of nitrogens with zero attached hydrogens (tertiary/aromatic N) is 1. The second-order valence-corrected chi connectivity index (χ2v) is 8.01. The van der Waals surface area contributed by atoms with E-state index in [2.05, 4.69) is 15.2 Å². The number of hydrogen-bond donors (Lipinski definition) is 2. The fourth-order valence-electron chi connectivity index (χ4n) is 1.94. The summed E-state index contributed by atoms with van der Waals surface area (Å²) < 4.78 is 27.0. The summed E-state index contributed by atoms with van der Waals surface area (Å²) in [6, 6.07) is 9.39. The predicted molar refractivity (Wildman–Crippen MR) is 97.1 cm³/mol. The molecular formula is C16H19N3O3S2. The molecule has 0 bridgehead atoms. The summed E-state index contributed by atoms with van der Waals surface area (Å²) in [4.78, 5) is 12.0. The van der Waals surface area contributed by atoms with Crippen molar-refractivity contribution in [2.75, 3.05) is 4.72 Å². The summed E-state index contributed by atoms with van der Waals surface area (Å²) in [7, 11) is -3.58. The lowest BCUT2D eigenvalue weighted by atomic mass is 10.2. The van der Waals surface area contributed by atoms with Crippen molar-refractivity contribution in [1.82, 2.24) is 5.43 Å². The molecule has 0 aliphatic carbocycles. The lowest BCUT2D eigenvalue weighted by molar-refractivity contribution is 0.0954. The number of hydrogen-bond acceptors (Lipinski definition) is 5. The van der Waals surface area contributed by atoms with Crippen LogP contribution in [-0.2, 0) is 10.0 Å². The normalized spacial score (nSPS) is 12.0. The number of anilines is 1. The Morgan fingerprint density at radius 2 is 1.92 bits per heavy atom. The highest BCUT2D eigenvalue weighted by atomic mass is 32.2. The SMILES string of the molecule is CCC/C(C)=N\NC(=O)c1ccc(NS(=O)(=O)c2cccs2)cc1. The molecular weight excluding hydrogens is 346 g/mol. The van der Waals surface area contributed by atoms with Gasteiger partial charge in [-0.1, -0.05) is 19.4 Å². The van der Waals surface area contributed by atoms with Gasteiger partial charge in [0.05, 0.1) is 0 Å². The summed E-state index contributed by atoms with van der Waals surface area (Å²) in [5.74, 6) is -0.335. The third-order valence-corrected chi connectivity index (χ3v) is 5.90. The molecule has 0 saturated carbocycles. The van der Waals surface area contributed by atoms with Crippen LogP contribution in [0.2, 0.25) is 0 Å². The first-order chi connectivity index (χ1) is 11.4. The highest BCUT2D eigenvalue weighted by Gasteiger charge is 2.15. The van der Waals surface area contributed by atoms with Gasteiger partial charge in [0.1, 0.15) is 4.21 Å². The minimum atomic E-state index is -3.58. The van der Waals surface area contributed by atoms with Crippen LogP contribution in [0.1, 0.15) is 37.0 Å². The van der Waals surface area contributed by atoms with Gasteiger partial charge in [-0.2, -0.15) is 5.10 Å². The minimum absolute atomic E-state index is 0.241. The Balaban J connectivity index is 2.03. The van der Waals surface area contributed by atoms with Gasteiger partial charge in [0.2, 0.25) is 0 Å². The first kappa shape index (κ1) is 18.2. The first-order valence-electron chi connectivity index (χ1n) is 7.42. The zero-order chi connectivity index (χ0) is 17.6. The van der Waals surface area contributed by atoms with Crippen molar-refractivity contribution in [3.63, 3.8) is 0 Å². The summed E-state index contributed by atoms with van der Waals surface area (Å²) in [6.07, 6.45) is 1.79. The maximum Gasteiger partial charge on any atom is 0.271 e. The topological polar surface area (TPSA) is 87.6 Å². The van der Waals surface area contributed by atoms with E-state index in [1.165, 1.54) is 6.07 Å². The van der Waals surface area contributed by atoms with Gasteiger partial charge >= 0.3 is 0 Å². The van der Waals surface area contributed by atoms with Crippen molar-refractivity contribution < 1.29 is 13.2 Å². The fraction of sp³-hybridized carbons (Fsp3) is 0.250. The van der Waals surface area contributed by atoms with Crippen molar-refractivity contribution in [1.29, 1.82) is 0 Å². The maximum atomic E-state index is 12.1. The molecule has 24 heavy (non-hydrogen) atoms. The molecule has 0 atom stereocenters. The highest BCUT2D eigenvalue weighted by molar-refractivity contribution is 7.94. The molecule has 0 aliphatic heterocycles. The number of benzene rings is 1. The third-order valence-electron chi connectivity index (χ3n) is 3.12. The van der Waals surface area contributed by atoms with E-state index in [9.17, 15) is 13.2 Å². The summed E-state index contributed by atoms with van der Waals surface area (Å²) in [5, 5.41) is 5.71. The van der Waals surface area contributed by atoms with Crippen LogP contribution in [0.4, 0.5) is 5.69 Å².